The highest BCUT2D eigenvalue weighted by atomic mass is 35.5. The van der Waals surface area contributed by atoms with Gasteiger partial charge in [-0.1, -0.05) is 0 Å². The molecule has 0 radical (unpaired) electrons. The summed E-state index contributed by atoms with van der Waals surface area (Å²) in [6, 6.07) is 0. The summed E-state index contributed by atoms with van der Waals surface area (Å²) in [5, 5.41) is 0. The van der Waals surface area contributed by atoms with Crippen LogP contribution in [0.2, 0.25) is 0 Å². The molecule has 1 aliphatic heterocycles. The number of rotatable bonds is 4. The Bertz CT molecular complexity index is 337. The number of likely N-dealkylation sites (N-methyl/N-ethyl adjacent to an activating group) is 1. The SMILES string of the molecule is CN(C)CC(=O)N1CCN(C(=O)C(C)(C)CCl)CC1. The molecule has 0 aromatic carbocycles. The smallest absolute Gasteiger partial charge is 0.236 e. The van der Waals surface area contributed by atoms with Gasteiger partial charge < -0.3 is 14.7 Å². The molecule has 1 rings (SSSR count). The molecule has 1 heterocycles. The van der Waals surface area contributed by atoms with Crippen LogP contribution in [0.25, 0.3) is 0 Å². The Morgan fingerprint density at radius 1 is 1.11 bits per heavy atom. The Morgan fingerprint density at radius 3 is 2.00 bits per heavy atom. The van der Waals surface area contributed by atoms with E-state index < -0.39 is 5.41 Å². The fraction of sp³-hybridized carbons (Fsp3) is 0.846. The monoisotopic (exact) mass is 289 g/mol. The highest BCUT2D eigenvalue weighted by molar-refractivity contribution is 6.19. The molecule has 19 heavy (non-hydrogen) atoms. The quantitative estimate of drug-likeness (QED) is 0.707. The average molecular weight is 290 g/mol. The van der Waals surface area contributed by atoms with E-state index in [9.17, 15) is 9.59 Å². The first-order chi connectivity index (χ1) is 8.77. The van der Waals surface area contributed by atoms with E-state index in [1.807, 2.05) is 42.6 Å². The third kappa shape index (κ3) is 4.35. The van der Waals surface area contributed by atoms with Crippen LogP contribution in [0.15, 0.2) is 0 Å². The first kappa shape index (κ1) is 16.2. The summed E-state index contributed by atoms with van der Waals surface area (Å²) in [7, 11) is 3.75. The van der Waals surface area contributed by atoms with E-state index in [1.165, 1.54) is 0 Å². The predicted molar refractivity (Wildman–Crippen MR) is 76.2 cm³/mol. The lowest BCUT2D eigenvalue weighted by molar-refractivity contribution is -0.144. The van der Waals surface area contributed by atoms with Crippen molar-refractivity contribution in [2.24, 2.45) is 5.41 Å². The lowest BCUT2D eigenvalue weighted by Crippen LogP contribution is -2.54. The normalized spacial score (nSPS) is 16.9. The third-order valence-electron chi connectivity index (χ3n) is 3.28. The highest BCUT2D eigenvalue weighted by Crippen LogP contribution is 2.21. The van der Waals surface area contributed by atoms with Gasteiger partial charge in [-0.2, -0.15) is 0 Å². The van der Waals surface area contributed by atoms with Gasteiger partial charge in [0.25, 0.3) is 0 Å². The number of hydrogen-bond donors (Lipinski definition) is 0. The molecule has 0 N–H and O–H groups in total. The topological polar surface area (TPSA) is 43.9 Å². The summed E-state index contributed by atoms with van der Waals surface area (Å²) in [6.07, 6.45) is 0. The van der Waals surface area contributed by atoms with E-state index in [-0.39, 0.29) is 11.8 Å². The van der Waals surface area contributed by atoms with Gasteiger partial charge in [-0.3, -0.25) is 9.59 Å². The highest BCUT2D eigenvalue weighted by Gasteiger charge is 2.33. The summed E-state index contributed by atoms with van der Waals surface area (Å²) in [5.74, 6) is 0.502. The van der Waals surface area contributed by atoms with Gasteiger partial charge in [0.15, 0.2) is 0 Å². The maximum atomic E-state index is 12.2. The minimum atomic E-state index is -0.530. The van der Waals surface area contributed by atoms with Crippen molar-refractivity contribution in [1.29, 1.82) is 0 Å². The fourth-order valence-corrected chi connectivity index (χ4v) is 2.13. The number of hydrogen-bond acceptors (Lipinski definition) is 3. The van der Waals surface area contributed by atoms with Crippen molar-refractivity contribution in [2.45, 2.75) is 13.8 Å². The van der Waals surface area contributed by atoms with Crippen molar-refractivity contribution in [1.82, 2.24) is 14.7 Å². The predicted octanol–water partition coefficient (Wildman–Crippen LogP) is 0.484. The van der Waals surface area contributed by atoms with Gasteiger partial charge in [0, 0.05) is 32.1 Å². The van der Waals surface area contributed by atoms with Crippen LogP contribution in [0.1, 0.15) is 13.8 Å². The summed E-state index contributed by atoms with van der Waals surface area (Å²) in [5.41, 5.74) is -0.530. The van der Waals surface area contributed by atoms with Gasteiger partial charge in [0.1, 0.15) is 0 Å². The Morgan fingerprint density at radius 2 is 1.58 bits per heavy atom. The molecule has 0 spiro atoms. The van der Waals surface area contributed by atoms with Crippen LogP contribution in [0.3, 0.4) is 0 Å². The molecule has 0 atom stereocenters. The maximum absolute atomic E-state index is 12.2. The Kier molecular flexibility index (Phi) is 5.62. The van der Waals surface area contributed by atoms with E-state index in [1.54, 1.807) is 0 Å². The number of halogens is 1. The molecule has 0 aromatic heterocycles. The molecule has 5 nitrogen and oxygen atoms in total. The van der Waals surface area contributed by atoms with Gasteiger partial charge >= 0.3 is 0 Å². The summed E-state index contributed by atoms with van der Waals surface area (Å²) < 4.78 is 0. The second-order valence-corrected chi connectivity index (χ2v) is 6.20. The second kappa shape index (κ2) is 6.57. The van der Waals surface area contributed by atoms with E-state index in [0.29, 0.717) is 38.6 Å². The van der Waals surface area contributed by atoms with E-state index in [0.717, 1.165) is 0 Å². The zero-order valence-electron chi connectivity index (χ0n) is 12.3. The van der Waals surface area contributed by atoms with Crippen molar-refractivity contribution in [3.8, 4) is 0 Å². The fourth-order valence-electron chi connectivity index (χ4n) is 2.01. The molecule has 1 aliphatic rings. The summed E-state index contributed by atoms with van der Waals surface area (Å²) in [4.78, 5) is 29.6. The maximum Gasteiger partial charge on any atom is 0.236 e. The van der Waals surface area contributed by atoms with Crippen molar-refractivity contribution in [2.75, 3.05) is 52.7 Å². The average Bonchev–Trinajstić information content (AvgIpc) is 2.37. The summed E-state index contributed by atoms with van der Waals surface area (Å²) >= 11 is 5.83. The Hall–Kier alpha value is -0.810. The first-order valence-corrected chi connectivity index (χ1v) is 7.09. The Balaban J connectivity index is 2.49. The minimum absolute atomic E-state index is 0.0715. The number of carbonyl (C=O) groups excluding carboxylic acids is 2. The second-order valence-electron chi connectivity index (χ2n) is 5.93. The van der Waals surface area contributed by atoms with Gasteiger partial charge in [0.05, 0.1) is 12.0 Å². The Labute approximate surface area is 120 Å². The van der Waals surface area contributed by atoms with Crippen LogP contribution in [0.5, 0.6) is 0 Å². The van der Waals surface area contributed by atoms with Crippen molar-refractivity contribution >= 4 is 23.4 Å². The van der Waals surface area contributed by atoms with E-state index in [4.69, 9.17) is 11.6 Å². The zero-order chi connectivity index (χ0) is 14.6. The third-order valence-corrected chi connectivity index (χ3v) is 3.95. The van der Waals surface area contributed by atoms with E-state index >= 15 is 0 Å². The molecule has 0 saturated carbocycles. The number of alkyl halides is 1. The van der Waals surface area contributed by atoms with Crippen LogP contribution < -0.4 is 0 Å². The lowest BCUT2D eigenvalue weighted by atomic mass is 9.94. The van der Waals surface area contributed by atoms with Gasteiger partial charge in [-0.15, -0.1) is 11.6 Å². The van der Waals surface area contributed by atoms with Crippen molar-refractivity contribution in [3.05, 3.63) is 0 Å². The summed E-state index contributed by atoms with van der Waals surface area (Å²) in [6.45, 7) is 6.53. The van der Waals surface area contributed by atoms with Crippen LogP contribution in [-0.2, 0) is 9.59 Å². The molecule has 0 bridgehead atoms. The molecule has 6 heteroatoms. The van der Waals surface area contributed by atoms with Crippen LogP contribution in [0, 0.1) is 5.41 Å². The molecule has 0 unspecified atom stereocenters. The molecule has 1 fully saturated rings. The van der Waals surface area contributed by atoms with Crippen LogP contribution in [0.4, 0.5) is 0 Å². The molecular weight excluding hydrogens is 266 g/mol. The molecule has 1 saturated heterocycles. The van der Waals surface area contributed by atoms with Crippen LogP contribution >= 0.6 is 11.6 Å². The standard InChI is InChI=1S/C13H24ClN3O2/c1-13(2,10-14)12(19)17-7-5-16(6-8-17)11(18)9-15(3)4/h5-10H2,1-4H3. The number of nitrogens with zero attached hydrogens (tertiary/aromatic N) is 3. The van der Waals surface area contributed by atoms with Crippen molar-refractivity contribution in [3.63, 3.8) is 0 Å². The molecular formula is C13H24ClN3O2. The van der Waals surface area contributed by atoms with Crippen LogP contribution in [-0.4, -0.2) is 79.2 Å². The van der Waals surface area contributed by atoms with E-state index in [2.05, 4.69) is 0 Å². The first-order valence-electron chi connectivity index (χ1n) is 6.56. The number of piperazine rings is 1. The minimum Gasteiger partial charge on any atom is -0.339 e. The van der Waals surface area contributed by atoms with Gasteiger partial charge in [-0.05, 0) is 27.9 Å². The molecule has 0 aliphatic carbocycles. The molecule has 110 valence electrons. The molecule has 2 amide bonds. The molecule has 0 aromatic rings. The number of carbonyl (C=O) groups is 2. The zero-order valence-corrected chi connectivity index (χ0v) is 13.0. The van der Waals surface area contributed by atoms with Crippen molar-refractivity contribution < 1.29 is 9.59 Å². The lowest BCUT2D eigenvalue weighted by Gasteiger charge is -2.38. The largest absolute Gasteiger partial charge is 0.339 e. The number of amides is 2. The van der Waals surface area contributed by atoms with Gasteiger partial charge in [0.2, 0.25) is 11.8 Å². The van der Waals surface area contributed by atoms with Gasteiger partial charge in [-0.25, -0.2) is 0 Å².